The number of benzene rings is 1. The van der Waals surface area contributed by atoms with Crippen LogP contribution in [-0.4, -0.2) is 31.6 Å². The van der Waals surface area contributed by atoms with Crippen LogP contribution in [0.25, 0.3) is 5.69 Å². The molecule has 0 saturated carbocycles. The van der Waals surface area contributed by atoms with Crippen molar-refractivity contribution in [1.29, 1.82) is 0 Å². The number of aryl methyl sites for hydroxylation is 1. The van der Waals surface area contributed by atoms with Crippen LogP contribution < -0.4 is 11.1 Å². The number of carbonyl (C=O) groups excluding carboxylic acids is 1. The van der Waals surface area contributed by atoms with Gasteiger partial charge in [-0.2, -0.15) is 5.10 Å². The van der Waals surface area contributed by atoms with Gasteiger partial charge in [-0.25, -0.2) is 4.68 Å². The van der Waals surface area contributed by atoms with E-state index >= 15 is 0 Å². The molecule has 0 spiro atoms. The number of nitrogens with one attached hydrogen (secondary N) is 1. The van der Waals surface area contributed by atoms with Crippen molar-refractivity contribution >= 4 is 40.0 Å². The molecule has 23 heavy (non-hydrogen) atoms. The smallest absolute Gasteiger partial charge is 0.235 e. The molecule has 3 rings (SSSR count). The average Bonchev–Trinajstić information content (AvgIpc) is 3.12. The van der Waals surface area contributed by atoms with E-state index in [-0.39, 0.29) is 11.7 Å². The summed E-state index contributed by atoms with van der Waals surface area (Å²) in [4.78, 5) is 12.1. The van der Waals surface area contributed by atoms with Gasteiger partial charge in [-0.1, -0.05) is 41.3 Å². The van der Waals surface area contributed by atoms with E-state index in [2.05, 4.69) is 20.6 Å². The highest BCUT2D eigenvalue weighted by molar-refractivity contribution is 8.01. The first-order valence-corrected chi connectivity index (χ1v) is 8.56. The topological polar surface area (TPSA) is 98.7 Å². The van der Waals surface area contributed by atoms with Crippen LogP contribution >= 0.6 is 23.1 Å². The van der Waals surface area contributed by atoms with Gasteiger partial charge in [-0.3, -0.25) is 4.79 Å². The van der Waals surface area contributed by atoms with Gasteiger partial charge >= 0.3 is 0 Å². The Balaban J connectivity index is 1.69. The Kier molecular flexibility index (Phi) is 4.58. The highest BCUT2D eigenvalue weighted by Crippen LogP contribution is 2.24. The van der Waals surface area contributed by atoms with Gasteiger partial charge in [0.05, 0.1) is 17.1 Å². The summed E-state index contributed by atoms with van der Waals surface area (Å²) in [6.07, 6.45) is 0. The number of amides is 1. The summed E-state index contributed by atoms with van der Waals surface area (Å²) in [5.74, 6) is 0.727. The molecule has 0 fully saturated rings. The van der Waals surface area contributed by atoms with E-state index < -0.39 is 0 Å². The molecule has 1 aromatic carbocycles. The molecule has 0 aliphatic carbocycles. The van der Waals surface area contributed by atoms with Gasteiger partial charge in [0.2, 0.25) is 11.0 Å². The van der Waals surface area contributed by atoms with E-state index in [1.54, 1.807) is 4.68 Å². The largest absolute Gasteiger partial charge is 0.374 e. The SMILES string of the molecule is Cc1cc(NC(=O)CSc2nnc(N)s2)n(-c2ccccc2)n1. The monoisotopic (exact) mass is 346 g/mol. The maximum absolute atomic E-state index is 12.1. The van der Waals surface area contributed by atoms with Gasteiger partial charge in [-0.15, -0.1) is 10.2 Å². The minimum atomic E-state index is -0.138. The van der Waals surface area contributed by atoms with Crippen molar-refractivity contribution in [3.8, 4) is 5.69 Å². The number of nitrogens with zero attached hydrogens (tertiary/aromatic N) is 4. The second-order valence-corrected chi connectivity index (χ2v) is 6.89. The van der Waals surface area contributed by atoms with E-state index in [9.17, 15) is 4.79 Å². The molecule has 3 aromatic rings. The Morgan fingerprint density at radius 2 is 2.13 bits per heavy atom. The molecular weight excluding hydrogens is 332 g/mol. The number of nitrogens with two attached hydrogens (primary N) is 1. The van der Waals surface area contributed by atoms with Gasteiger partial charge in [0.1, 0.15) is 5.82 Å². The summed E-state index contributed by atoms with van der Waals surface area (Å²) in [7, 11) is 0. The summed E-state index contributed by atoms with van der Waals surface area (Å²) in [5.41, 5.74) is 7.23. The Morgan fingerprint density at radius 1 is 1.35 bits per heavy atom. The molecule has 7 nitrogen and oxygen atoms in total. The number of para-hydroxylation sites is 1. The maximum atomic E-state index is 12.1. The number of nitrogen functional groups attached to an aromatic ring is 1. The molecule has 0 aliphatic heterocycles. The van der Waals surface area contributed by atoms with E-state index in [0.717, 1.165) is 11.4 Å². The highest BCUT2D eigenvalue weighted by atomic mass is 32.2. The van der Waals surface area contributed by atoms with E-state index in [4.69, 9.17) is 5.73 Å². The second kappa shape index (κ2) is 6.80. The van der Waals surface area contributed by atoms with Gasteiger partial charge < -0.3 is 11.1 Å². The summed E-state index contributed by atoms with van der Waals surface area (Å²) in [5, 5.41) is 15.3. The predicted molar refractivity (Wildman–Crippen MR) is 92.0 cm³/mol. The minimum Gasteiger partial charge on any atom is -0.374 e. The molecule has 2 aromatic heterocycles. The Morgan fingerprint density at radius 3 is 2.83 bits per heavy atom. The normalized spacial score (nSPS) is 10.7. The fraction of sp³-hybridized carbons (Fsp3) is 0.143. The van der Waals surface area contributed by atoms with Crippen LogP contribution in [0.2, 0.25) is 0 Å². The zero-order valence-corrected chi connectivity index (χ0v) is 13.9. The van der Waals surface area contributed by atoms with E-state index in [1.165, 1.54) is 23.1 Å². The Labute approximate surface area is 140 Å². The van der Waals surface area contributed by atoms with E-state index in [0.29, 0.717) is 15.3 Å². The Hall–Kier alpha value is -2.39. The molecule has 0 atom stereocenters. The molecule has 0 aliphatic rings. The number of aromatic nitrogens is 4. The van der Waals surface area contributed by atoms with Crippen molar-refractivity contribution in [1.82, 2.24) is 20.0 Å². The lowest BCUT2D eigenvalue weighted by molar-refractivity contribution is -0.113. The number of hydrogen-bond donors (Lipinski definition) is 2. The number of rotatable bonds is 5. The van der Waals surface area contributed by atoms with Crippen molar-refractivity contribution in [3.63, 3.8) is 0 Å². The molecule has 0 unspecified atom stereocenters. The number of hydrogen-bond acceptors (Lipinski definition) is 7. The quantitative estimate of drug-likeness (QED) is 0.688. The zero-order valence-electron chi connectivity index (χ0n) is 12.3. The molecule has 9 heteroatoms. The third-order valence-electron chi connectivity index (χ3n) is 2.85. The number of thioether (sulfide) groups is 1. The zero-order chi connectivity index (χ0) is 16.2. The lowest BCUT2D eigenvalue weighted by Gasteiger charge is -2.08. The summed E-state index contributed by atoms with van der Waals surface area (Å²) in [6.45, 7) is 1.88. The van der Waals surface area contributed by atoms with Crippen LogP contribution in [0.5, 0.6) is 0 Å². The Bertz CT molecular complexity index is 814. The van der Waals surface area contributed by atoms with Crippen LogP contribution in [0.3, 0.4) is 0 Å². The third-order valence-corrected chi connectivity index (χ3v) is 4.73. The molecular formula is C14H14N6OS2. The molecule has 118 valence electrons. The first-order chi connectivity index (χ1) is 11.1. The second-order valence-electron chi connectivity index (χ2n) is 4.66. The first-order valence-electron chi connectivity index (χ1n) is 6.75. The average molecular weight is 346 g/mol. The van der Waals surface area contributed by atoms with Gasteiger partial charge in [-0.05, 0) is 19.1 Å². The fourth-order valence-corrected chi connectivity index (χ4v) is 3.38. The van der Waals surface area contributed by atoms with Crippen molar-refractivity contribution in [3.05, 3.63) is 42.1 Å². The molecule has 0 radical (unpaired) electrons. The summed E-state index contributed by atoms with van der Waals surface area (Å²) >= 11 is 2.56. The molecule has 2 heterocycles. The third kappa shape index (κ3) is 3.88. The molecule has 0 bridgehead atoms. The predicted octanol–water partition coefficient (Wildman–Crippen LogP) is 2.35. The van der Waals surface area contributed by atoms with Crippen LogP contribution in [0, 0.1) is 6.92 Å². The van der Waals surface area contributed by atoms with Crippen LogP contribution in [0.15, 0.2) is 40.7 Å². The van der Waals surface area contributed by atoms with Crippen molar-refractivity contribution in [2.45, 2.75) is 11.3 Å². The van der Waals surface area contributed by atoms with Crippen LogP contribution in [0.1, 0.15) is 5.69 Å². The summed E-state index contributed by atoms with van der Waals surface area (Å²) < 4.78 is 2.38. The molecule has 0 saturated heterocycles. The van der Waals surface area contributed by atoms with Crippen molar-refractivity contribution in [2.75, 3.05) is 16.8 Å². The standard InChI is InChI=1S/C14H14N6OS2/c1-9-7-11(20(19-9)10-5-3-2-4-6-10)16-12(21)8-22-14-18-17-13(15)23-14/h2-7H,8H2,1H3,(H2,15,17)(H,16,21). The minimum absolute atomic E-state index is 0.138. The van der Waals surface area contributed by atoms with Crippen molar-refractivity contribution < 1.29 is 4.79 Å². The lowest BCUT2D eigenvalue weighted by atomic mass is 10.3. The number of carbonyl (C=O) groups is 1. The van der Waals surface area contributed by atoms with E-state index in [1.807, 2.05) is 43.3 Å². The van der Waals surface area contributed by atoms with Gasteiger partial charge in [0.15, 0.2) is 4.34 Å². The fourth-order valence-electron chi connectivity index (χ4n) is 1.94. The first kappa shape index (κ1) is 15.5. The molecule has 3 N–H and O–H groups in total. The van der Waals surface area contributed by atoms with Crippen LogP contribution in [0.4, 0.5) is 10.9 Å². The van der Waals surface area contributed by atoms with Crippen molar-refractivity contribution in [2.24, 2.45) is 0 Å². The number of anilines is 2. The van der Waals surface area contributed by atoms with Crippen LogP contribution in [-0.2, 0) is 4.79 Å². The lowest BCUT2D eigenvalue weighted by Crippen LogP contribution is -2.16. The van der Waals surface area contributed by atoms with Gasteiger partial charge in [0, 0.05) is 6.07 Å². The van der Waals surface area contributed by atoms with Gasteiger partial charge in [0.25, 0.3) is 0 Å². The highest BCUT2D eigenvalue weighted by Gasteiger charge is 2.12. The summed E-state index contributed by atoms with van der Waals surface area (Å²) in [6, 6.07) is 11.5. The molecule has 1 amide bonds. The maximum Gasteiger partial charge on any atom is 0.235 e.